The Hall–Kier alpha value is -1.69. The summed E-state index contributed by atoms with van der Waals surface area (Å²) in [5, 5.41) is 5.46. The lowest BCUT2D eigenvalue weighted by Gasteiger charge is -2.17. The quantitative estimate of drug-likeness (QED) is 0.812. The van der Waals surface area contributed by atoms with Crippen LogP contribution < -0.4 is 15.4 Å². The molecule has 1 rings (SSSR count). The summed E-state index contributed by atoms with van der Waals surface area (Å²) in [6, 6.07) is 2.38. The van der Waals surface area contributed by atoms with Crippen molar-refractivity contribution < 1.29 is 18.3 Å². The Morgan fingerprint density at radius 3 is 2.29 bits per heavy atom. The van der Waals surface area contributed by atoms with Crippen LogP contribution in [-0.2, 0) is 11.3 Å². The Bertz CT molecular complexity index is 470. The van der Waals surface area contributed by atoms with Gasteiger partial charge in [0.05, 0.1) is 0 Å². The third-order valence-electron chi connectivity index (χ3n) is 2.79. The predicted molar refractivity (Wildman–Crippen MR) is 77.1 cm³/mol. The number of carbonyl (C=O) groups excluding carboxylic acids is 1. The normalized spacial score (nSPS) is 12.3. The number of hydrogen-bond donors (Lipinski definition) is 2. The number of halogens is 2. The Labute approximate surface area is 123 Å². The van der Waals surface area contributed by atoms with Gasteiger partial charge in [0.15, 0.2) is 23.5 Å². The first-order valence-corrected chi connectivity index (χ1v) is 6.92. The molecule has 4 nitrogen and oxygen atoms in total. The summed E-state index contributed by atoms with van der Waals surface area (Å²) >= 11 is 0. The summed E-state index contributed by atoms with van der Waals surface area (Å²) in [6.45, 7) is 6.18. The maximum atomic E-state index is 13.8. The smallest absolute Gasteiger partial charge is 0.260 e. The van der Waals surface area contributed by atoms with Crippen LogP contribution in [0.3, 0.4) is 0 Å². The minimum atomic E-state index is -0.970. The molecule has 1 aromatic carbocycles. The second kappa shape index (κ2) is 7.93. The van der Waals surface area contributed by atoms with E-state index in [9.17, 15) is 13.6 Å². The molecule has 0 aliphatic carbocycles. The van der Waals surface area contributed by atoms with Gasteiger partial charge in [-0.2, -0.15) is 0 Å². The highest BCUT2D eigenvalue weighted by Gasteiger charge is 2.20. The van der Waals surface area contributed by atoms with Gasteiger partial charge in [-0.05, 0) is 37.6 Å². The summed E-state index contributed by atoms with van der Waals surface area (Å²) < 4.78 is 32.8. The molecule has 1 aromatic rings. The molecule has 0 saturated heterocycles. The molecule has 0 spiro atoms. The number of nitrogens with one attached hydrogen (secondary N) is 2. The van der Waals surface area contributed by atoms with Crippen molar-refractivity contribution in [3.05, 3.63) is 29.3 Å². The summed E-state index contributed by atoms with van der Waals surface area (Å²) in [5.74, 6) is -2.27. The zero-order chi connectivity index (χ0) is 16.0. The maximum Gasteiger partial charge on any atom is 0.260 e. The van der Waals surface area contributed by atoms with Crippen molar-refractivity contribution in [2.24, 2.45) is 5.92 Å². The first-order valence-electron chi connectivity index (χ1n) is 6.92. The van der Waals surface area contributed by atoms with E-state index in [4.69, 9.17) is 4.74 Å². The average Bonchev–Trinajstić information content (AvgIpc) is 2.40. The summed E-state index contributed by atoms with van der Waals surface area (Å²) in [4.78, 5) is 11.8. The molecule has 0 aromatic heterocycles. The highest BCUT2D eigenvalue weighted by molar-refractivity contribution is 5.80. The monoisotopic (exact) mass is 300 g/mol. The van der Waals surface area contributed by atoms with Crippen LogP contribution >= 0.6 is 0 Å². The second-order valence-corrected chi connectivity index (χ2v) is 5.32. The largest absolute Gasteiger partial charge is 0.475 e. The van der Waals surface area contributed by atoms with Crippen LogP contribution in [0.4, 0.5) is 8.78 Å². The lowest BCUT2D eigenvalue weighted by atomic mass is 10.2. The lowest BCUT2D eigenvalue weighted by molar-refractivity contribution is -0.127. The van der Waals surface area contributed by atoms with Crippen LogP contribution in [0.25, 0.3) is 0 Å². The molecule has 0 fully saturated rings. The average molecular weight is 300 g/mol. The van der Waals surface area contributed by atoms with Gasteiger partial charge in [-0.3, -0.25) is 4.79 Å². The fourth-order valence-electron chi connectivity index (χ4n) is 1.71. The van der Waals surface area contributed by atoms with E-state index in [1.807, 2.05) is 13.8 Å². The van der Waals surface area contributed by atoms with Crippen LogP contribution in [0, 0.1) is 17.6 Å². The third kappa shape index (κ3) is 5.30. The highest BCUT2D eigenvalue weighted by atomic mass is 19.1. The fourth-order valence-corrected chi connectivity index (χ4v) is 1.71. The summed E-state index contributed by atoms with van der Waals surface area (Å²) in [7, 11) is 1.68. The van der Waals surface area contributed by atoms with E-state index in [2.05, 4.69) is 10.6 Å². The number of rotatable bonds is 7. The Morgan fingerprint density at radius 2 is 1.81 bits per heavy atom. The molecule has 1 unspecified atom stereocenters. The molecule has 0 heterocycles. The van der Waals surface area contributed by atoms with Crippen molar-refractivity contribution in [3.8, 4) is 5.75 Å². The standard InChI is InChI=1S/C15H22F2N2O2/c1-9(2)7-19-15(20)10(3)21-14-12(16)5-11(8-18-4)6-13(14)17/h5-6,9-10,18H,7-8H2,1-4H3,(H,19,20). The van der Waals surface area contributed by atoms with Crippen LogP contribution in [0.5, 0.6) is 5.75 Å². The van der Waals surface area contributed by atoms with Gasteiger partial charge in [0.25, 0.3) is 5.91 Å². The third-order valence-corrected chi connectivity index (χ3v) is 2.79. The molecular formula is C15H22F2N2O2. The number of benzene rings is 1. The molecule has 2 N–H and O–H groups in total. The van der Waals surface area contributed by atoms with Gasteiger partial charge < -0.3 is 15.4 Å². The summed E-state index contributed by atoms with van der Waals surface area (Å²) in [5.41, 5.74) is 0.469. The van der Waals surface area contributed by atoms with Crippen molar-refractivity contribution in [1.29, 1.82) is 0 Å². The SMILES string of the molecule is CNCc1cc(F)c(OC(C)C(=O)NCC(C)C)c(F)c1. The van der Waals surface area contributed by atoms with Crippen molar-refractivity contribution in [2.45, 2.75) is 33.4 Å². The number of hydrogen-bond acceptors (Lipinski definition) is 3. The van der Waals surface area contributed by atoms with Crippen LogP contribution in [0.2, 0.25) is 0 Å². The van der Waals surface area contributed by atoms with E-state index >= 15 is 0 Å². The number of ether oxygens (including phenoxy) is 1. The van der Waals surface area contributed by atoms with Crippen LogP contribution in [0.1, 0.15) is 26.3 Å². The van der Waals surface area contributed by atoms with Crippen molar-refractivity contribution in [1.82, 2.24) is 10.6 Å². The molecule has 0 aliphatic heterocycles. The van der Waals surface area contributed by atoms with Crippen molar-refractivity contribution in [3.63, 3.8) is 0 Å². The summed E-state index contributed by atoms with van der Waals surface area (Å²) in [6.07, 6.45) is -0.970. The van der Waals surface area contributed by atoms with Crippen LogP contribution in [-0.4, -0.2) is 25.6 Å². The van der Waals surface area contributed by atoms with Gasteiger partial charge in [0, 0.05) is 13.1 Å². The molecule has 0 bridgehead atoms. The van der Waals surface area contributed by atoms with Gasteiger partial charge >= 0.3 is 0 Å². The van der Waals surface area contributed by atoms with Crippen LogP contribution in [0.15, 0.2) is 12.1 Å². The molecule has 118 valence electrons. The molecule has 21 heavy (non-hydrogen) atoms. The molecule has 0 saturated carbocycles. The Balaban J connectivity index is 2.76. The molecule has 0 aliphatic rings. The van der Waals surface area contributed by atoms with E-state index in [-0.39, 0.29) is 5.92 Å². The van der Waals surface area contributed by atoms with E-state index in [0.29, 0.717) is 18.7 Å². The molecular weight excluding hydrogens is 278 g/mol. The van der Waals surface area contributed by atoms with E-state index in [1.165, 1.54) is 19.1 Å². The zero-order valence-electron chi connectivity index (χ0n) is 12.8. The van der Waals surface area contributed by atoms with Gasteiger partial charge in [-0.15, -0.1) is 0 Å². The molecule has 0 radical (unpaired) electrons. The van der Waals surface area contributed by atoms with Gasteiger partial charge in [-0.1, -0.05) is 13.8 Å². The van der Waals surface area contributed by atoms with Gasteiger partial charge in [0.2, 0.25) is 0 Å². The zero-order valence-corrected chi connectivity index (χ0v) is 12.8. The van der Waals surface area contributed by atoms with E-state index < -0.39 is 29.4 Å². The van der Waals surface area contributed by atoms with Crippen molar-refractivity contribution in [2.75, 3.05) is 13.6 Å². The fraction of sp³-hybridized carbons (Fsp3) is 0.533. The minimum absolute atomic E-state index is 0.287. The van der Waals surface area contributed by atoms with E-state index in [1.54, 1.807) is 7.05 Å². The van der Waals surface area contributed by atoms with Crippen molar-refractivity contribution >= 4 is 5.91 Å². The molecule has 1 amide bonds. The first kappa shape index (κ1) is 17.4. The first-order chi connectivity index (χ1) is 9.85. The van der Waals surface area contributed by atoms with Gasteiger partial charge in [-0.25, -0.2) is 8.78 Å². The topological polar surface area (TPSA) is 50.4 Å². The molecule has 6 heteroatoms. The second-order valence-electron chi connectivity index (χ2n) is 5.32. The highest BCUT2D eigenvalue weighted by Crippen LogP contribution is 2.24. The lowest BCUT2D eigenvalue weighted by Crippen LogP contribution is -2.38. The number of carbonyl (C=O) groups is 1. The van der Waals surface area contributed by atoms with E-state index in [0.717, 1.165) is 0 Å². The van der Waals surface area contributed by atoms with Gasteiger partial charge in [0.1, 0.15) is 0 Å². The Kier molecular flexibility index (Phi) is 6.55. The Morgan fingerprint density at radius 1 is 1.24 bits per heavy atom. The predicted octanol–water partition coefficient (Wildman–Crippen LogP) is 2.22. The minimum Gasteiger partial charge on any atom is -0.475 e. The maximum absolute atomic E-state index is 13.8. The number of amides is 1. The molecule has 1 atom stereocenters.